The third kappa shape index (κ3) is 1.68. The Balaban J connectivity index is 2.09. The molecule has 0 heterocycles. The van der Waals surface area contributed by atoms with Crippen molar-refractivity contribution in [3.8, 4) is 0 Å². The molecule has 13 heavy (non-hydrogen) atoms. The van der Waals surface area contributed by atoms with E-state index in [-0.39, 0.29) is 5.92 Å². The molecule has 1 N–H and O–H groups in total. The van der Waals surface area contributed by atoms with Crippen LogP contribution < -0.4 is 0 Å². The molecule has 1 aliphatic rings. The minimum atomic E-state index is 0.231. The maximum absolute atomic E-state index is 8.47. The molecular weight excluding hydrogens is 186 g/mol. The summed E-state index contributed by atoms with van der Waals surface area (Å²) in [6.07, 6.45) is 0.993. The number of halogens is 1. The van der Waals surface area contributed by atoms with Crippen LogP contribution in [0.3, 0.4) is 0 Å². The summed E-state index contributed by atoms with van der Waals surface area (Å²) in [5, 5.41) is 11.8. The molecule has 2 unspecified atom stereocenters. The van der Waals surface area contributed by atoms with Gasteiger partial charge < -0.3 is 5.21 Å². The van der Waals surface area contributed by atoms with Gasteiger partial charge in [0.2, 0.25) is 0 Å². The lowest BCUT2D eigenvalue weighted by atomic mass is 10.1. The molecule has 68 valence electrons. The zero-order valence-corrected chi connectivity index (χ0v) is 7.78. The Morgan fingerprint density at radius 1 is 1.38 bits per heavy atom. The average Bonchev–Trinajstić information content (AvgIpc) is 2.98. The molecular formula is C10H10ClNO. The van der Waals surface area contributed by atoms with Crippen molar-refractivity contribution in [2.24, 2.45) is 11.1 Å². The molecule has 1 aromatic carbocycles. The largest absolute Gasteiger partial charge is 0.410 e. The molecule has 2 rings (SSSR count). The van der Waals surface area contributed by atoms with Crippen LogP contribution in [0.4, 0.5) is 0 Å². The fourth-order valence-electron chi connectivity index (χ4n) is 1.60. The van der Waals surface area contributed by atoms with E-state index in [9.17, 15) is 0 Å². The van der Waals surface area contributed by atoms with Crippen molar-refractivity contribution in [3.05, 3.63) is 35.9 Å². The van der Waals surface area contributed by atoms with Crippen LogP contribution in [0.2, 0.25) is 0 Å². The molecule has 1 aliphatic carbocycles. The number of oxime groups is 1. The van der Waals surface area contributed by atoms with Gasteiger partial charge in [0.05, 0.1) is 0 Å². The summed E-state index contributed by atoms with van der Waals surface area (Å²) in [5.41, 5.74) is 1.27. The van der Waals surface area contributed by atoms with Gasteiger partial charge >= 0.3 is 0 Å². The summed E-state index contributed by atoms with van der Waals surface area (Å²) in [6.45, 7) is 0. The van der Waals surface area contributed by atoms with Crippen molar-refractivity contribution >= 4 is 16.8 Å². The minimum absolute atomic E-state index is 0.231. The first-order chi connectivity index (χ1) is 6.33. The van der Waals surface area contributed by atoms with Crippen molar-refractivity contribution < 1.29 is 5.21 Å². The number of hydrogen-bond acceptors (Lipinski definition) is 2. The van der Waals surface area contributed by atoms with Crippen molar-refractivity contribution in [3.63, 3.8) is 0 Å². The van der Waals surface area contributed by atoms with Gasteiger partial charge in [-0.15, -0.1) is 0 Å². The van der Waals surface area contributed by atoms with E-state index in [1.807, 2.05) is 18.2 Å². The summed E-state index contributed by atoms with van der Waals surface area (Å²) < 4.78 is 0. The first-order valence-corrected chi connectivity index (χ1v) is 4.63. The van der Waals surface area contributed by atoms with Crippen molar-refractivity contribution in [2.45, 2.75) is 12.3 Å². The molecule has 1 aromatic rings. The Hall–Kier alpha value is -1.02. The zero-order valence-electron chi connectivity index (χ0n) is 7.02. The van der Waals surface area contributed by atoms with Crippen molar-refractivity contribution in [1.29, 1.82) is 0 Å². The van der Waals surface area contributed by atoms with Crippen molar-refractivity contribution in [2.75, 3.05) is 0 Å². The number of benzene rings is 1. The van der Waals surface area contributed by atoms with Gasteiger partial charge in [-0.2, -0.15) is 0 Å². The highest BCUT2D eigenvalue weighted by molar-refractivity contribution is 6.66. The van der Waals surface area contributed by atoms with E-state index in [1.165, 1.54) is 5.56 Å². The molecule has 0 spiro atoms. The standard InChI is InChI=1S/C10H10ClNO/c11-10(12-13)9-6-8(9)7-4-2-1-3-5-7/h1-5,8-9,13H,6H2/b12-10-. The van der Waals surface area contributed by atoms with Gasteiger partial charge in [-0.1, -0.05) is 47.1 Å². The lowest BCUT2D eigenvalue weighted by molar-refractivity contribution is 0.319. The molecule has 0 amide bonds. The van der Waals surface area contributed by atoms with E-state index >= 15 is 0 Å². The Kier molecular flexibility index (Phi) is 2.23. The Labute approximate surface area is 81.8 Å². The highest BCUT2D eigenvalue weighted by Crippen LogP contribution is 2.48. The Morgan fingerprint density at radius 3 is 2.69 bits per heavy atom. The zero-order chi connectivity index (χ0) is 9.26. The number of rotatable bonds is 2. The fourth-order valence-corrected chi connectivity index (χ4v) is 1.84. The predicted molar refractivity (Wildman–Crippen MR) is 52.4 cm³/mol. The molecule has 0 bridgehead atoms. The SMILES string of the molecule is O/N=C(\Cl)C1CC1c1ccccc1. The van der Waals surface area contributed by atoms with E-state index in [2.05, 4.69) is 17.3 Å². The number of hydrogen-bond donors (Lipinski definition) is 1. The molecule has 1 saturated carbocycles. The molecule has 0 radical (unpaired) electrons. The highest BCUT2D eigenvalue weighted by atomic mass is 35.5. The second kappa shape index (κ2) is 3.38. The van der Waals surface area contributed by atoms with E-state index < -0.39 is 0 Å². The number of nitrogens with zero attached hydrogens (tertiary/aromatic N) is 1. The lowest BCUT2D eigenvalue weighted by Gasteiger charge is -1.96. The molecule has 2 nitrogen and oxygen atoms in total. The third-order valence-electron chi connectivity index (χ3n) is 2.42. The predicted octanol–water partition coefficient (Wildman–Crippen LogP) is 2.82. The molecule has 2 atom stereocenters. The van der Waals surface area contributed by atoms with E-state index in [4.69, 9.17) is 16.8 Å². The molecule has 0 aromatic heterocycles. The van der Waals surface area contributed by atoms with Gasteiger partial charge in [-0.3, -0.25) is 0 Å². The van der Waals surface area contributed by atoms with Crippen LogP contribution in [-0.4, -0.2) is 10.4 Å². The van der Waals surface area contributed by atoms with Gasteiger partial charge in [0, 0.05) is 5.92 Å². The second-order valence-electron chi connectivity index (χ2n) is 3.28. The summed E-state index contributed by atoms with van der Waals surface area (Å²) in [4.78, 5) is 0. The van der Waals surface area contributed by atoms with Crippen LogP contribution in [0.1, 0.15) is 17.9 Å². The molecule has 0 aliphatic heterocycles. The van der Waals surface area contributed by atoms with Crippen LogP contribution in [0.5, 0.6) is 0 Å². The summed E-state index contributed by atoms with van der Waals surface area (Å²) in [6, 6.07) is 10.2. The van der Waals surface area contributed by atoms with Gasteiger partial charge in [0.15, 0.2) is 0 Å². The first-order valence-electron chi connectivity index (χ1n) is 4.25. The lowest BCUT2D eigenvalue weighted by Crippen LogP contribution is -1.92. The summed E-state index contributed by atoms with van der Waals surface area (Å²) in [5.74, 6) is 0.679. The molecule has 3 heteroatoms. The van der Waals surface area contributed by atoms with E-state index in [0.717, 1.165) is 6.42 Å². The van der Waals surface area contributed by atoms with Crippen LogP contribution in [0.25, 0.3) is 0 Å². The Bertz CT molecular complexity index is 323. The monoisotopic (exact) mass is 195 g/mol. The average molecular weight is 196 g/mol. The smallest absolute Gasteiger partial charge is 0.149 e. The minimum Gasteiger partial charge on any atom is -0.410 e. The topological polar surface area (TPSA) is 32.6 Å². The van der Waals surface area contributed by atoms with Crippen LogP contribution >= 0.6 is 11.6 Å². The first kappa shape index (κ1) is 8.57. The highest BCUT2D eigenvalue weighted by Gasteiger charge is 2.41. The maximum Gasteiger partial charge on any atom is 0.149 e. The van der Waals surface area contributed by atoms with Crippen LogP contribution in [0, 0.1) is 5.92 Å². The quantitative estimate of drug-likeness (QED) is 0.439. The normalized spacial score (nSPS) is 27.3. The van der Waals surface area contributed by atoms with Gasteiger partial charge in [0.1, 0.15) is 5.17 Å². The van der Waals surface area contributed by atoms with E-state index in [1.54, 1.807) is 0 Å². The maximum atomic E-state index is 8.47. The van der Waals surface area contributed by atoms with Gasteiger partial charge in [-0.25, -0.2) is 0 Å². The molecule has 0 saturated heterocycles. The van der Waals surface area contributed by atoms with Crippen molar-refractivity contribution in [1.82, 2.24) is 0 Å². The van der Waals surface area contributed by atoms with E-state index in [0.29, 0.717) is 11.1 Å². The fraction of sp³-hybridized carbons (Fsp3) is 0.300. The molecule has 1 fully saturated rings. The van der Waals surface area contributed by atoms with Gasteiger partial charge in [-0.05, 0) is 17.9 Å². The summed E-state index contributed by atoms with van der Waals surface area (Å²) >= 11 is 5.71. The van der Waals surface area contributed by atoms with Crippen LogP contribution in [0.15, 0.2) is 35.5 Å². The Morgan fingerprint density at radius 2 is 2.08 bits per heavy atom. The second-order valence-corrected chi connectivity index (χ2v) is 3.67. The van der Waals surface area contributed by atoms with Crippen LogP contribution in [-0.2, 0) is 0 Å². The summed E-state index contributed by atoms with van der Waals surface area (Å²) in [7, 11) is 0. The van der Waals surface area contributed by atoms with Gasteiger partial charge in [0.25, 0.3) is 0 Å². The third-order valence-corrected chi connectivity index (χ3v) is 2.78.